The number of aromatic amines is 1. The zero-order valence-electron chi connectivity index (χ0n) is 10.3. The number of nitrogens with zero attached hydrogens (tertiary/aromatic N) is 1. The second-order valence-corrected chi connectivity index (χ2v) is 5.52. The normalized spacial score (nSPS) is 23.6. The molecule has 5 nitrogen and oxygen atoms in total. The van der Waals surface area contributed by atoms with Crippen LogP contribution in [0.5, 0.6) is 0 Å². The van der Waals surface area contributed by atoms with Crippen LogP contribution in [0.15, 0.2) is 16.9 Å². The molecular formula is C12H17N3O2S. The van der Waals surface area contributed by atoms with E-state index in [-0.39, 0.29) is 23.2 Å². The number of H-pyrrole nitrogens is 1. The van der Waals surface area contributed by atoms with Gasteiger partial charge in [-0.25, -0.2) is 5.10 Å². The summed E-state index contributed by atoms with van der Waals surface area (Å²) in [4.78, 5) is 22.9. The molecule has 1 saturated carbocycles. The van der Waals surface area contributed by atoms with Crippen molar-refractivity contribution in [2.24, 2.45) is 0 Å². The number of thioether (sulfide) groups is 1. The van der Waals surface area contributed by atoms with Crippen molar-refractivity contribution in [2.45, 2.75) is 37.0 Å². The fourth-order valence-corrected chi connectivity index (χ4v) is 3.19. The second-order valence-electron chi connectivity index (χ2n) is 4.44. The van der Waals surface area contributed by atoms with Crippen molar-refractivity contribution in [1.82, 2.24) is 15.5 Å². The van der Waals surface area contributed by atoms with Crippen LogP contribution in [0.1, 0.15) is 36.2 Å². The summed E-state index contributed by atoms with van der Waals surface area (Å²) in [7, 11) is 0. The van der Waals surface area contributed by atoms with Gasteiger partial charge in [-0.1, -0.05) is 12.8 Å². The number of hydrogen-bond acceptors (Lipinski definition) is 4. The summed E-state index contributed by atoms with van der Waals surface area (Å²) in [6.45, 7) is 0. The summed E-state index contributed by atoms with van der Waals surface area (Å²) in [6.07, 6.45) is 6.62. The van der Waals surface area contributed by atoms with Crippen molar-refractivity contribution in [3.63, 3.8) is 0 Å². The number of aromatic nitrogens is 2. The van der Waals surface area contributed by atoms with Gasteiger partial charge in [0.2, 0.25) is 0 Å². The minimum absolute atomic E-state index is 0.204. The van der Waals surface area contributed by atoms with E-state index in [1.807, 2.05) is 0 Å². The van der Waals surface area contributed by atoms with Crippen molar-refractivity contribution in [1.29, 1.82) is 0 Å². The molecule has 1 aromatic heterocycles. The minimum atomic E-state index is -0.300. The zero-order chi connectivity index (χ0) is 13.0. The highest BCUT2D eigenvalue weighted by Crippen LogP contribution is 2.27. The monoisotopic (exact) mass is 267 g/mol. The lowest BCUT2D eigenvalue weighted by Crippen LogP contribution is -2.44. The molecule has 6 heteroatoms. The van der Waals surface area contributed by atoms with Crippen LogP contribution in [0.2, 0.25) is 0 Å². The Hall–Kier alpha value is -1.30. The van der Waals surface area contributed by atoms with Gasteiger partial charge in [0.05, 0.1) is 0 Å². The molecule has 1 heterocycles. The van der Waals surface area contributed by atoms with Gasteiger partial charge < -0.3 is 5.32 Å². The predicted molar refractivity (Wildman–Crippen MR) is 71.9 cm³/mol. The number of amides is 1. The summed E-state index contributed by atoms with van der Waals surface area (Å²) in [6, 6.07) is 2.97. The largest absolute Gasteiger partial charge is 0.347 e. The highest BCUT2D eigenvalue weighted by atomic mass is 32.2. The van der Waals surface area contributed by atoms with Gasteiger partial charge in [-0.05, 0) is 25.2 Å². The fourth-order valence-electron chi connectivity index (χ4n) is 2.26. The molecule has 0 spiro atoms. The lowest BCUT2D eigenvalue weighted by molar-refractivity contribution is 0.0923. The Morgan fingerprint density at radius 3 is 2.89 bits per heavy atom. The third-order valence-electron chi connectivity index (χ3n) is 3.23. The second kappa shape index (κ2) is 6.04. The van der Waals surface area contributed by atoms with Crippen LogP contribution in [0, 0.1) is 0 Å². The van der Waals surface area contributed by atoms with Crippen LogP contribution in [0.3, 0.4) is 0 Å². The Balaban J connectivity index is 2.01. The Morgan fingerprint density at radius 1 is 1.44 bits per heavy atom. The molecule has 98 valence electrons. The number of nitrogens with one attached hydrogen (secondary N) is 2. The van der Waals surface area contributed by atoms with Gasteiger partial charge in [-0.2, -0.15) is 16.9 Å². The SMILES string of the molecule is CSC1CCCCC1NC(=O)c1ccc(=O)[nH]n1. The maximum atomic E-state index is 12.0. The maximum Gasteiger partial charge on any atom is 0.271 e. The lowest BCUT2D eigenvalue weighted by atomic mass is 9.95. The summed E-state index contributed by atoms with van der Waals surface area (Å²) in [5, 5.41) is 9.50. The molecule has 1 amide bonds. The van der Waals surface area contributed by atoms with E-state index in [9.17, 15) is 9.59 Å². The first-order valence-electron chi connectivity index (χ1n) is 6.10. The van der Waals surface area contributed by atoms with Crippen molar-refractivity contribution in [3.8, 4) is 0 Å². The fraction of sp³-hybridized carbons (Fsp3) is 0.583. The maximum absolute atomic E-state index is 12.0. The van der Waals surface area contributed by atoms with Crippen molar-refractivity contribution in [2.75, 3.05) is 6.26 Å². The van der Waals surface area contributed by atoms with Crippen molar-refractivity contribution >= 4 is 17.7 Å². The number of hydrogen-bond donors (Lipinski definition) is 2. The number of carbonyl (C=O) groups is 1. The Morgan fingerprint density at radius 2 is 2.22 bits per heavy atom. The smallest absolute Gasteiger partial charge is 0.271 e. The van der Waals surface area contributed by atoms with Gasteiger partial charge >= 0.3 is 0 Å². The van der Waals surface area contributed by atoms with Crippen molar-refractivity contribution in [3.05, 3.63) is 28.2 Å². The first-order valence-corrected chi connectivity index (χ1v) is 7.39. The van der Waals surface area contributed by atoms with E-state index >= 15 is 0 Å². The van der Waals surface area contributed by atoms with Gasteiger partial charge in [0.15, 0.2) is 0 Å². The molecule has 2 N–H and O–H groups in total. The average Bonchev–Trinajstić information content (AvgIpc) is 2.40. The molecule has 18 heavy (non-hydrogen) atoms. The van der Waals surface area contributed by atoms with E-state index in [2.05, 4.69) is 21.8 Å². The van der Waals surface area contributed by atoms with Crippen LogP contribution in [-0.4, -0.2) is 33.7 Å². The first-order chi connectivity index (χ1) is 8.70. The van der Waals surface area contributed by atoms with Gasteiger partial charge in [0.25, 0.3) is 11.5 Å². The highest BCUT2D eigenvalue weighted by Gasteiger charge is 2.26. The molecule has 0 aromatic carbocycles. The molecule has 1 fully saturated rings. The topological polar surface area (TPSA) is 74.8 Å². The number of carbonyl (C=O) groups excluding carboxylic acids is 1. The van der Waals surface area contributed by atoms with E-state index in [0.29, 0.717) is 5.25 Å². The molecule has 1 aliphatic rings. The molecule has 0 radical (unpaired) electrons. The van der Waals surface area contributed by atoms with Crippen LogP contribution in [0.25, 0.3) is 0 Å². The van der Waals surface area contributed by atoms with Crippen LogP contribution in [0.4, 0.5) is 0 Å². The highest BCUT2D eigenvalue weighted by molar-refractivity contribution is 7.99. The first kappa shape index (κ1) is 13.1. The van der Waals surface area contributed by atoms with Gasteiger partial charge in [-0.3, -0.25) is 9.59 Å². The summed E-state index contributed by atoms with van der Waals surface area (Å²) in [5.41, 5.74) is -0.0359. The molecular weight excluding hydrogens is 250 g/mol. The minimum Gasteiger partial charge on any atom is -0.347 e. The van der Waals surface area contributed by atoms with Crippen LogP contribution in [-0.2, 0) is 0 Å². The quantitative estimate of drug-likeness (QED) is 0.862. The van der Waals surface area contributed by atoms with Crippen LogP contribution >= 0.6 is 11.8 Å². The summed E-state index contributed by atoms with van der Waals surface area (Å²) < 4.78 is 0. The number of rotatable bonds is 3. The summed E-state index contributed by atoms with van der Waals surface area (Å²) >= 11 is 1.80. The van der Waals surface area contributed by atoms with E-state index in [1.54, 1.807) is 11.8 Å². The predicted octanol–water partition coefficient (Wildman–Crippen LogP) is 1.17. The Labute approximate surface area is 110 Å². The molecule has 0 saturated heterocycles. The van der Waals surface area contributed by atoms with E-state index < -0.39 is 0 Å². The molecule has 1 aliphatic carbocycles. The molecule has 2 rings (SSSR count). The van der Waals surface area contributed by atoms with E-state index in [0.717, 1.165) is 19.3 Å². The van der Waals surface area contributed by atoms with E-state index in [1.165, 1.54) is 18.6 Å². The third kappa shape index (κ3) is 3.13. The zero-order valence-corrected chi connectivity index (χ0v) is 11.1. The standard InChI is InChI=1S/C12H17N3O2S/c1-18-10-5-3-2-4-8(10)13-12(17)9-6-7-11(16)15-14-9/h6-8,10H,2-5H2,1H3,(H,13,17)(H,15,16). The molecule has 0 bridgehead atoms. The molecule has 1 aromatic rings. The Kier molecular flexibility index (Phi) is 4.41. The summed E-state index contributed by atoms with van der Waals surface area (Å²) in [5.74, 6) is -0.211. The van der Waals surface area contributed by atoms with E-state index in [4.69, 9.17) is 0 Å². The van der Waals surface area contributed by atoms with Gasteiger partial charge in [-0.15, -0.1) is 0 Å². The third-order valence-corrected chi connectivity index (χ3v) is 4.40. The lowest BCUT2D eigenvalue weighted by Gasteiger charge is -2.30. The molecule has 2 atom stereocenters. The molecule has 2 unspecified atom stereocenters. The van der Waals surface area contributed by atoms with Crippen LogP contribution < -0.4 is 10.9 Å². The van der Waals surface area contributed by atoms with Gasteiger partial charge in [0, 0.05) is 17.4 Å². The van der Waals surface area contributed by atoms with Gasteiger partial charge in [0.1, 0.15) is 5.69 Å². The van der Waals surface area contributed by atoms with Crippen molar-refractivity contribution < 1.29 is 4.79 Å². The Bertz CT molecular complexity index is 454. The average molecular weight is 267 g/mol. The molecule has 0 aliphatic heterocycles.